The molecule has 1 amide bonds. The molecule has 2 N–H and O–H groups in total. The van der Waals surface area contributed by atoms with Crippen LogP contribution in [0.1, 0.15) is 20.8 Å². The molecule has 0 bridgehead atoms. The number of fused-ring (bicyclic) bond motifs is 3. The molecule has 0 aliphatic rings. The summed E-state index contributed by atoms with van der Waals surface area (Å²) in [5.41, 5.74) is 2.86. The number of aromatic amines is 1. The standard InChI is InChI=1S/C19H14ClN3O2S2/c1-10-2-4-11(5-3-10)9-21-18(25)15-16-22-17(24)13-8-12(20)6-7-14(13)23(16)19(26)27-15/h2-8H,9H2,1H3,(H,21,25)(H,22,24). The van der Waals surface area contributed by atoms with Crippen molar-refractivity contribution < 1.29 is 4.79 Å². The van der Waals surface area contributed by atoms with Crippen molar-refractivity contribution in [2.75, 3.05) is 0 Å². The second-order valence-electron chi connectivity index (χ2n) is 6.16. The maximum atomic E-state index is 12.7. The van der Waals surface area contributed by atoms with Crippen LogP contribution in [-0.2, 0) is 6.54 Å². The van der Waals surface area contributed by atoms with Crippen LogP contribution in [0, 0.1) is 10.9 Å². The average Bonchev–Trinajstić information content (AvgIpc) is 2.98. The number of halogens is 1. The number of aromatic nitrogens is 2. The Labute approximate surface area is 168 Å². The number of hydrogen-bond donors (Lipinski definition) is 2. The van der Waals surface area contributed by atoms with E-state index in [-0.39, 0.29) is 11.5 Å². The summed E-state index contributed by atoms with van der Waals surface area (Å²) in [6.07, 6.45) is 0. The molecule has 0 fully saturated rings. The molecule has 4 aromatic rings. The Hall–Kier alpha value is -2.48. The highest BCUT2D eigenvalue weighted by atomic mass is 35.5. The lowest BCUT2D eigenvalue weighted by Gasteiger charge is -2.06. The Morgan fingerprint density at radius 2 is 2.00 bits per heavy atom. The first-order chi connectivity index (χ1) is 12.9. The van der Waals surface area contributed by atoms with Crippen LogP contribution in [0.4, 0.5) is 0 Å². The third-order valence-electron chi connectivity index (χ3n) is 4.27. The van der Waals surface area contributed by atoms with Gasteiger partial charge in [-0.2, -0.15) is 0 Å². The summed E-state index contributed by atoms with van der Waals surface area (Å²) in [5, 5.41) is 3.78. The van der Waals surface area contributed by atoms with Crippen LogP contribution < -0.4 is 10.9 Å². The third-order valence-corrected chi connectivity index (χ3v) is 5.87. The fourth-order valence-corrected chi connectivity index (χ4v) is 4.36. The van der Waals surface area contributed by atoms with Crippen LogP contribution in [0.15, 0.2) is 47.3 Å². The lowest BCUT2D eigenvalue weighted by molar-refractivity contribution is 0.0956. The fourth-order valence-electron chi connectivity index (χ4n) is 2.89. The molecule has 0 spiro atoms. The van der Waals surface area contributed by atoms with E-state index in [1.165, 1.54) is 0 Å². The summed E-state index contributed by atoms with van der Waals surface area (Å²) < 4.78 is 2.18. The molecule has 2 aromatic carbocycles. The molecule has 136 valence electrons. The quantitative estimate of drug-likeness (QED) is 0.485. The number of nitrogens with one attached hydrogen (secondary N) is 2. The Kier molecular flexibility index (Phi) is 4.59. The molecule has 4 rings (SSSR count). The van der Waals surface area contributed by atoms with Crippen molar-refractivity contribution in [1.29, 1.82) is 0 Å². The van der Waals surface area contributed by atoms with Crippen LogP contribution in [0.3, 0.4) is 0 Å². The highest BCUT2D eigenvalue weighted by Gasteiger charge is 2.18. The van der Waals surface area contributed by atoms with E-state index in [4.69, 9.17) is 23.8 Å². The third kappa shape index (κ3) is 3.29. The summed E-state index contributed by atoms with van der Waals surface area (Å²) in [5.74, 6) is -0.280. The predicted molar refractivity (Wildman–Crippen MR) is 112 cm³/mol. The SMILES string of the molecule is Cc1ccc(CNC(=O)c2sc(=S)n3c2[nH]c(=O)c2cc(Cl)ccc23)cc1. The first-order valence-corrected chi connectivity index (χ1v) is 9.75. The molecule has 0 saturated carbocycles. The minimum Gasteiger partial charge on any atom is -0.347 e. The molecule has 0 radical (unpaired) electrons. The van der Waals surface area contributed by atoms with Gasteiger partial charge in [-0.15, -0.1) is 0 Å². The number of thiazole rings is 1. The summed E-state index contributed by atoms with van der Waals surface area (Å²) in [7, 11) is 0. The summed E-state index contributed by atoms with van der Waals surface area (Å²) in [6, 6.07) is 12.9. The van der Waals surface area contributed by atoms with Crippen LogP contribution in [0.2, 0.25) is 5.02 Å². The number of aryl methyl sites for hydroxylation is 1. The van der Waals surface area contributed by atoms with Gasteiger partial charge < -0.3 is 10.3 Å². The summed E-state index contributed by atoms with van der Waals surface area (Å²) >= 11 is 12.6. The number of hydrogen-bond acceptors (Lipinski definition) is 4. The largest absolute Gasteiger partial charge is 0.347 e. The van der Waals surface area contributed by atoms with Gasteiger partial charge in [-0.1, -0.05) is 52.8 Å². The minimum absolute atomic E-state index is 0.280. The lowest BCUT2D eigenvalue weighted by atomic mass is 10.1. The number of nitrogens with zero attached hydrogens (tertiary/aromatic N) is 1. The van der Waals surface area contributed by atoms with Crippen molar-refractivity contribution in [3.8, 4) is 0 Å². The second-order valence-corrected chi connectivity index (χ2v) is 8.25. The maximum absolute atomic E-state index is 12.7. The van der Waals surface area contributed by atoms with E-state index in [9.17, 15) is 9.59 Å². The van der Waals surface area contributed by atoms with Crippen molar-refractivity contribution in [3.05, 3.63) is 77.8 Å². The number of H-pyrrole nitrogens is 1. The molecule has 5 nitrogen and oxygen atoms in total. The Morgan fingerprint density at radius 1 is 1.26 bits per heavy atom. The fraction of sp³-hybridized carbons (Fsp3) is 0.105. The number of carbonyl (C=O) groups is 1. The monoisotopic (exact) mass is 415 g/mol. The predicted octanol–water partition coefficient (Wildman–Crippen LogP) is 4.46. The van der Waals surface area contributed by atoms with E-state index in [0.29, 0.717) is 36.9 Å². The maximum Gasteiger partial charge on any atom is 0.265 e. The van der Waals surface area contributed by atoms with E-state index in [1.807, 2.05) is 31.2 Å². The van der Waals surface area contributed by atoms with Gasteiger partial charge in [0.05, 0.1) is 10.9 Å². The summed E-state index contributed by atoms with van der Waals surface area (Å²) in [6.45, 7) is 2.40. The minimum atomic E-state index is -0.312. The van der Waals surface area contributed by atoms with Gasteiger partial charge in [0.15, 0.2) is 3.95 Å². The van der Waals surface area contributed by atoms with Crippen LogP contribution in [-0.4, -0.2) is 15.3 Å². The molecule has 0 atom stereocenters. The van der Waals surface area contributed by atoms with Crippen LogP contribution in [0.25, 0.3) is 16.6 Å². The molecular formula is C19H14ClN3O2S2. The highest BCUT2D eigenvalue weighted by Crippen LogP contribution is 2.24. The lowest BCUT2D eigenvalue weighted by Crippen LogP contribution is -2.23. The number of carbonyl (C=O) groups excluding carboxylic acids is 1. The first-order valence-electron chi connectivity index (χ1n) is 8.15. The molecule has 8 heteroatoms. The number of benzene rings is 2. The Bertz CT molecular complexity index is 1300. The van der Waals surface area contributed by atoms with Gasteiger partial charge in [0.1, 0.15) is 10.5 Å². The molecule has 27 heavy (non-hydrogen) atoms. The van der Waals surface area contributed by atoms with Crippen LogP contribution in [0.5, 0.6) is 0 Å². The molecule has 2 heterocycles. The van der Waals surface area contributed by atoms with Gasteiger partial charge >= 0.3 is 0 Å². The van der Waals surface area contributed by atoms with E-state index in [0.717, 1.165) is 22.5 Å². The van der Waals surface area contributed by atoms with Gasteiger partial charge in [0.25, 0.3) is 11.5 Å². The smallest absolute Gasteiger partial charge is 0.265 e. The molecule has 0 saturated heterocycles. The van der Waals surface area contributed by atoms with Gasteiger partial charge in [-0.05, 0) is 42.9 Å². The average molecular weight is 416 g/mol. The number of amides is 1. The van der Waals surface area contributed by atoms with Crippen molar-refractivity contribution in [1.82, 2.24) is 14.7 Å². The topological polar surface area (TPSA) is 66.4 Å². The van der Waals surface area contributed by atoms with E-state index < -0.39 is 0 Å². The van der Waals surface area contributed by atoms with E-state index >= 15 is 0 Å². The van der Waals surface area contributed by atoms with Crippen molar-refractivity contribution >= 4 is 57.6 Å². The molecule has 0 aliphatic carbocycles. The van der Waals surface area contributed by atoms with Gasteiger partial charge in [-0.3, -0.25) is 14.0 Å². The zero-order valence-corrected chi connectivity index (χ0v) is 16.6. The van der Waals surface area contributed by atoms with Gasteiger partial charge in [-0.25, -0.2) is 0 Å². The van der Waals surface area contributed by atoms with E-state index in [1.54, 1.807) is 22.6 Å². The second kappa shape index (κ2) is 6.92. The highest BCUT2D eigenvalue weighted by molar-refractivity contribution is 7.73. The van der Waals surface area contributed by atoms with Crippen molar-refractivity contribution in [3.63, 3.8) is 0 Å². The van der Waals surface area contributed by atoms with Crippen molar-refractivity contribution in [2.45, 2.75) is 13.5 Å². The summed E-state index contributed by atoms with van der Waals surface area (Å²) in [4.78, 5) is 28.3. The van der Waals surface area contributed by atoms with E-state index in [2.05, 4.69) is 10.3 Å². The molecule has 2 aromatic heterocycles. The van der Waals surface area contributed by atoms with Crippen molar-refractivity contribution in [2.24, 2.45) is 0 Å². The Balaban J connectivity index is 1.76. The van der Waals surface area contributed by atoms with Crippen LogP contribution >= 0.6 is 35.2 Å². The first kappa shape index (κ1) is 17.9. The van der Waals surface area contributed by atoms with Gasteiger partial charge in [0.2, 0.25) is 0 Å². The zero-order chi connectivity index (χ0) is 19.1. The molecular weight excluding hydrogens is 402 g/mol. The number of rotatable bonds is 3. The zero-order valence-electron chi connectivity index (χ0n) is 14.2. The molecule has 0 aliphatic heterocycles. The molecule has 0 unspecified atom stereocenters. The Morgan fingerprint density at radius 3 is 2.74 bits per heavy atom. The van der Waals surface area contributed by atoms with Gasteiger partial charge in [0, 0.05) is 11.6 Å². The normalized spacial score (nSPS) is 11.2.